The van der Waals surface area contributed by atoms with Gasteiger partial charge in [-0.15, -0.1) is 0 Å². The second-order valence-electron chi connectivity index (χ2n) is 6.49. The lowest BCUT2D eigenvalue weighted by Crippen LogP contribution is -2.37. The van der Waals surface area contributed by atoms with E-state index in [1.165, 1.54) is 18.5 Å². The van der Waals surface area contributed by atoms with E-state index >= 15 is 0 Å². The molecule has 1 aromatic carbocycles. The number of aromatic nitrogens is 2. The molecule has 6 nitrogen and oxygen atoms in total. The molecule has 27 heavy (non-hydrogen) atoms. The van der Waals surface area contributed by atoms with Crippen molar-refractivity contribution in [2.24, 2.45) is 0 Å². The van der Waals surface area contributed by atoms with Gasteiger partial charge in [0.25, 0.3) is 0 Å². The number of nitrogens with one attached hydrogen (secondary N) is 1. The van der Waals surface area contributed by atoms with Gasteiger partial charge in [-0.3, -0.25) is 4.98 Å². The molecular formula is C17H19F3N4O2S. The standard InChI is InChI=1S/C17H19F3N4O2S/c18-17(19,20)13-7-6-11(14-9-23-16(21)10-22-14)8-15(13)27(25,26)24-12-4-2-1-3-5-12/h6-10,12,24H,1-5H2,(H2,21,23). The van der Waals surface area contributed by atoms with Crippen LogP contribution in [0.1, 0.15) is 37.7 Å². The smallest absolute Gasteiger partial charge is 0.382 e. The van der Waals surface area contributed by atoms with Gasteiger partial charge in [-0.2, -0.15) is 13.2 Å². The van der Waals surface area contributed by atoms with Gasteiger partial charge in [0.05, 0.1) is 28.5 Å². The molecule has 1 aliphatic carbocycles. The molecule has 0 amide bonds. The summed E-state index contributed by atoms with van der Waals surface area (Å²) in [6.45, 7) is 0. The minimum atomic E-state index is -4.80. The molecule has 0 spiro atoms. The normalized spacial score (nSPS) is 16.4. The molecule has 0 bridgehead atoms. The van der Waals surface area contributed by atoms with Crippen LogP contribution in [-0.4, -0.2) is 24.4 Å². The van der Waals surface area contributed by atoms with E-state index in [0.29, 0.717) is 12.8 Å². The summed E-state index contributed by atoms with van der Waals surface area (Å²) in [6, 6.07) is 2.55. The van der Waals surface area contributed by atoms with Crippen molar-refractivity contribution in [2.75, 3.05) is 5.73 Å². The van der Waals surface area contributed by atoms with Gasteiger partial charge in [0.15, 0.2) is 0 Å². The zero-order valence-corrected chi connectivity index (χ0v) is 15.1. The number of anilines is 1. The van der Waals surface area contributed by atoms with Crippen LogP contribution in [0.15, 0.2) is 35.5 Å². The summed E-state index contributed by atoms with van der Waals surface area (Å²) in [4.78, 5) is 7.03. The molecule has 146 valence electrons. The Balaban J connectivity index is 2.04. The summed E-state index contributed by atoms with van der Waals surface area (Å²) in [5.41, 5.74) is 4.69. The Hall–Kier alpha value is -2.20. The van der Waals surface area contributed by atoms with E-state index in [4.69, 9.17) is 5.73 Å². The first-order chi connectivity index (χ1) is 12.7. The van der Waals surface area contributed by atoms with Crippen molar-refractivity contribution in [1.29, 1.82) is 0 Å². The van der Waals surface area contributed by atoms with Gasteiger partial charge in [-0.25, -0.2) is 18.1 Å². The van der Waals surface area contributed by atoms with Crippen LogP contribution in [0.5, 0.6) is 0 Å². The van der Waals surface area contributed by atoms with E-state index < -0.39 is 26.7 Å². The third kappa shape index (κ3) is 4.56. The monoisotopic (exact) mass is 400 g/mol. The molecule has 1 saturated carbocycles. The zero-order valence-electron chi connectivity index (χ0n) is 14.3. The summed E-state index contributed by atoms with van der Waals surface area (Å²) < 4.78 is 68.1. The molecule has 0 aliphatic heterocycles. The number of halogens is 3. The zero-order chi connectivity index (χ0) is 19.7. The van der Waals surface area contributed by atoms with Crippen LogP contribution < -0.4 is 10.5 Å². The van der Waals surface area contributed by atoms with E-state index in [2.05, 4.69) is 14.7 Å². The van der Waals surface area contributed by atoms with Gasteiger partial charge < -0.3 is 5.73 Å². The molecule has 1 fully saturated rings. The van der Waals surface area contributed by atoms with Gasteiger partial charge in [0.1, 0.15) is 5.82 Å². The van der Waals surface area contributed by atoms with E-state index in [1.54, 1.807) is 0 Å². The summed E-state index contributed by atoms with van der Waals surface area (Å²) >= 11 is 0. The minimum Gasteiger partial charge on any atom is -0.382 e. The van der Waals surface area contributed by atoms with Crippen LogP contribution in [-0.2, 0) is 16.2 Å². The molecule has 1 heterocycles. The van der Waals surface area contributed by atoms with Crippen molar-refractivity contribution >= 4 is 15.8 Å². The Morgan fingerprint density at radius 1 is 1.07 bits per heavy atom. The maximum atomic E-state index is 13.4. The van der Waals surface area contributed by atoms with Crippen molar-refractivity contribution < 1.29 is 21.6 Å². The fraction of sp³-hybridized carbons (Fsp3) is 0.412. The lowest BCUT2D eigenvalue weighted by molar-refractivity contribution is -0.139. The van der Waals surface area contributed by atoms with Gasteiger partial charge in [-0.05, 0) is 25.0 Å². The molecule has 3 rings (SSSR count). The number of rotatable bonds is 4. The molecule has 0 saturated heterocycles. The number of nitrogen functional groups attached to an aromatic ring is 1. The fourth-order valence-electron chi connectivity index (χ4n) is 3.13. The third-order valence-electron chi connectivity index (χ3n) is 4.47. The molecule has 0 unspecified atom stereocenters. The average Bonchev–Trinajstić information content (AvgIpc) is 2.61. The predicted octanol–water partition coefficient (Wildman–Crippen LogP) is 3.36. The number of hydrogen-bond donors (Lipinski definition) is 2. The number of hydrogen-bond acceptors (Lipinski definition) is 5. The number of alkyl halides is 3. The largest absolute Gasteiger partial charge is 0.417 e. The van der Waals surface area contributed by atoms with Crippen molar-refractivity contribution in [1.82, 2.24) is 14.7 Å². The van der Waals surface area contributed by atoms with E-state index in [9.17, 15) is 21.6 Å². The number of benzene rings is 1. The molecular weight excluding hydrogens is 381 g/mol. The summed E-state index contributed by atoms with van der Waals surface area (Å²) in [6.07, 6.45) is 1.65. The molecule has 3 N–H and O–H groups in total. The highest BCUT2D eigenvalue weighted by molar-refractivity contribution is 7.89. The second kappa shape index (κ2) is 7.43. The topological polar surface area (TPSA) is 98.0 Å². The predicted molar refractivity (Wildman–Crippen MR) is 94.1 cm³/mol. The second-order valence-corrected chi connectivity index (χ2v) is 8.17. The molecule has 2 aromatic rings. The summed E-state index contributed by atoms with van der Waals surface area (Å²) in [5, 5.41) is 0. The maximum Gasteiger partial charge on any atom is 0.417 e. The van der Waals surface area contributed by atoms with Crippen LogP contribution in [0.2, 0.25) is 0 Å². The van der Waals surface area contributed by atoms with Crippen molar-refractivity contribution in [3.05, 3.63) is 36.2 Å². The Morgan fingerprint density at radius 2 is 1.78 bits per heavy atom. The van der Waals surface area contributed by atoms with Crippen molar-refractivity contribution in [3.63, 3.8) is 0 Å². The Bertz CT molecular complexity index is 909. The first-order valence-electron chi connectivity index (χ1n) is 8.48. The summed E-state index contributed by atoms with van der Waals surface area (Å²) in [7, 11) is -4.36. The lowest BCUT2D eigenvalue weighted by atomic mass is 9.96. The van der Waals surface area contributed by atoms with Crippen molar-refractivity contribution in [2.45, 2.75) is 49.2 Å². The molecule has 0 atom stereocenters. The van der Waals surface area contributed by atoms with Gasteiger partial charge in [0.2, 0.25) is 10.0 Å². The van der Waals surface area contributed by atoms with Crippen LogP contribution in [0.3, 0.4) is 0 Å². The van der Waals surface area contributed by atoms with Gasteiger partial charge >= 0.3 is 6.18 Å². The van der Waals surface area contributed by atoms with Crippen LogP contribution in [0.4, 0.5) is 19.0 Å². The first-order valence-corrected chi connectivity index (χ1v) is 9.96. The number of sulfonamides is 1. The number of nitrogens with zero attached hydrogens (tertiary/aromatic N) is 2. The molecule has 1 aromatic heterocycles. The Labute approximate surface area is 155 Å². The van der Waals surface area contributed by atoms with Crippen molar-refractivity contribution in [3.8, 4) is 11.3 Å². The average molecular weight is 400 g/mol. The van der Waals surface area contributed by atoms with E-state index in [-0.39, 0.29) is 23.1 Å². The first kappa shape index (κ1) is 19.6. The number of nitrogens with two attached hydrogens (primary N) is 1. The van der Waals surface area contributed by atoms with Crippen LogP contribution >= 0.6 is 0 Å². The van der Waals surface area contributed by atoms with E-state index in [1.807, 2.05) is 0 Å². The molecule has 0 radical (unpaired) electrons. The quantitative estimate of drug-likeness (QED) is 0.820. The van der Waals surface area contributed by atoms with Gasteiger partial charge in [-0.1, -0.05) is 25.3 Å². The SMILES string of the molecule is Nc1cnc(-c2ccc(C(F)(F)F)c(S(=O)(=O)NC3CCCCC3)c2)cn1. The molecule has 1 aliphatic rings. The highest BCUT2D eigenvalue weighted by Gasteiger charge is 2.38. The highest BCUT2D eigenvalue weighted by atomic mass is 32.2. The van der Waals surface area contributed by atoms with E-state index in [0.717, 1.165) is 31.4 Å². The summed E-state index contributed by atoms with van der Waals surface area (Å²) in [5.74, 6) is 0.150. The van der Waals surface area contributed by atoms with Gasteiger partial charge in [0, 0.05) is 11.6 Å². The molecule has 10 heteroatoms. The Kier molecular flexibility index (Phi) is 5.38. The minimum absolute atomic E-state index is 0.150. The lowest BCUT2D eigenvalue weighted by Gasteiger charge is -2.23. The Morgan fingerprint density at radius 3 is 2.37 bits per heavy atom. The maximum absolute atomic E-state index is 13.4. The van der Waals surface area contributed by atoms with Crippen LogP contribution in [0.25, 0.3) is 11.3 Å². The fourth-order valence-corrected chi connectivity index (χ4v) is 4.69. The highest BCUT2D eigenvalue weighted by Crippen LogP contribution is 2.36. The van der Waals surface area contributed by atoms with Crippen LogP contribution in [0, 0.1) is 0 Å². The third-order valence-corrected chi connectivity index (χ3v) is 6.03.